The van der Waals surface area contributed by atoms with E-state index in [4.69, 9.17) is 9.47 Å². The first-order chi connectivity index (χ1) is 16.4. The number of carbonyl (C=O) groups is 4. The summed E-state index contributed by atoms with van der Waals surface area (Å²) < 4.78 is 10.2. The minimum Gasteiger partial charge on any atom is -0.497 e. The van der Waals surface area contributed by atoms with Gasteiger partial charge >= 0.3 is 5.97 Å². The molecule has 0 aromatic heterocycles. The number of allylic oxidation sites excluding steroid dienone is 1. The Morgan fingerprint density at radius 1 is 0.912 bits per heavy atom. The van der Waals surface area contributed by atoms with Gasteiger partial charge in [0.1, 0.15) is 17.5 Å². The lowest BCUT2D eigenvalue weighted by Crippen LogP contribution is -2.46. The Bertz CT molecular complexity index is 1230. The minimum atomic E-state index is -0.925. The molecule has 0 bridgehead atoms. The molecule has 3 aliphatic rings. The molecule has 0 aliphatic carbocycles. The van der Waals surface area contributed by atoms with E-state index in [0.717, 1.165) is 4.90 Å². The average molecular weight is 459 g/mol. The molecule has 2 saturated heterocycles. The monoisotopic (exact) mass is 459 g/mol. The molecule has 5 rings (SSSR count). The fourth-order valence-corrected chi connectivity index (χ4v) is 4.85. The van der Waals surface area contributed by atoms with Gasteiger partial charge in [-0.3, -0.25) is 24.2 Å². The van der Waals surface area contributed by atoms with Crippen molar-refractivity contribution < 1.29 is 28.7 Å². The normalized spacial score (nSPS) is 24.8. The predicted molar refractivity (Wildman–Crippen MR) is 122 cm³/mol. The molecule has 2 aromatic carbocycles. The molecular formula is C25H21N3O6. The van der Waals surface area contributed by atoms with E-state index in [1.165, 1.54) is 26.2 Å². The second-order valence-electron chi connectivity index (χ2n) is 8.21. The van der Waals surface area contributed by atoms with Crippen molar-refractivity contribution in [2.45, 2.75) is 19.0 Å². The highest BCUT2D eigenvalue weighted by molar-refractivity contribution is 6.24. The third kappa shape index (κ3) is 3.37. The molecule has 0 unspecified atom stereocenters. The fourth-order valence-electron chi connectivity index (χ4n) is 4.85. The summed E-state index contributed by atoms with van der Waals surface area (Å²) in [7, 11) is 1.54. The van der Waals surface area contributed by atoms with Crippen LogP contribution in [0.1, 0.15) is 17.3 Å². The van der Waals surface area contributed by atoms with Crippen LogP contribution in [0.4, 0.5) is 5.69 Å². The van der Waals surface area contributed by atoms with E-state index < -0.39 is 41.7 Å². The number of methoxy groups -OCH3 is 1. The molecule has 3 aliphatic heterocycles. The van der Waals surface area contributed by atoms with Gasteiger partial charge in [-0.05, 0) is 54.6 Å². The van der Waals surface area contributed by atoms with Gasteiger partial charge in [-0.15, -0.1) is 0 Å². The molecule has 34 heavy (non-hydrogen) atoms. The van der Waals surface area contributed by atoms with E-state index in [-0.39, 0.29) is 5.78 Å². The number of rotatable bonds is 5. The molecular weight excluding hydrogens is 438 g/mol. The Kier molecular flexibility index (Phi) is 5.24. The molecule has 0 saturated carbocycles. The van der Waals surface area contributed by atoms with Crippen molar-refractivity contribution in [3.05, 3.63) is 66.2 Å². The standard InChI is InChI=1S/C25H21N3O6/c1-14(29)34-18-11-7-16(8-12-18)27-24(31)20-19-4-3-13-26-28(19)22(21(20)25(27)32)23(30)15-5-9-17(33-2)10-6-15/h3-13,19-22H,1-2H3/t19-,20+,21-,22+/m1/s1. The second kappa shape index (κ2) is 8.26. The van der Waals surface area contributed by atoms with E-state index in [1.807, 2.05) is 0 Å². The van der Waals surface area contributed by atoms with Gasteiger partial charge in [-0.2, -0.15) is 5.10 Å². The topological polar surface area (TPSA) is 106 Å². The second-order valence-corrected chi connectivity index (χ2v) is 8.21. The van der Waals surface area contributed by atoms with Gasteiger partial charge in [0.2, 0.25) is 11.8 Å². The molecule has 9 nitrogen and oxygen atoms in total. The van der Waals surface area contributed by atoms with Crippen molar-refractivity contribution in [1.82, 2.24) is 5.01 Å². The van der Waals surface area contributed by atoms with Crippen LogP contribution in [0.3, 0.4) is 0 Å². The van der Waals surface area contributed by atoms with Gasteiger partial charge in [0, 0.05) is 18.7 Å². The smallest absolute Gasteiger partial charge is 0.308 e. The Balaban J connectivity index is 1.50. The number of hydrogen-bond acceptors (Lipinski definition) is 8. The van der Waals surface area contributed by atoms with Crippen LogP contribution >= 0.6 is 0 Å². The van der Waals surface area contributed by atoms with Gasteiger partial charge in [-0.25, -0.2) is 4.90 Å². The highest BCUT2D eigenvalue weighted by Crippen LogP contribution is 2.46. The van der Waals surface area contributed by atoms with Crippen molar-refractivity contribution >= 4 is 35.5 Å². The zero-order chi connectivity index (χ0) is 24.0. The summed E-state index contributed by atoms with van der Waals surface area (Å²) in [4.78, 5) is 52.9. The predicted octanol–water partition coefficient (Wildman–Crippen LogP) is 2.22. The maximum atomic E-state index is 13.6. The van der Waals surface area contributed by atoms with Crippen LogP contribution in [0, 0.1) is 11.8 Å². The Hall–Kier alpha value is -4.27. The summed E-state index contributed by atoms with van der Waals surface area (Å²) in [6, 6.07) is 11.3. The minimum absolute atomic E-state index is 0.291. The Labute approximate surface area is 195 Å². The first-order valence-electron chi connectivity index (χ1n) is 10.7. The number of carbonyl (C=O) groups excluding carboxylic acids is 4. The molecule has 2 amide bonds. The summed E-state index contributed by atoms with van der Waals surface area (Å²) in [6.07, 6.45) is 5.06. The van der Waals surface area contributed by atoms with Crippen molar-refractivity contribution in [2.24, 2.45) is 16.9 Å². The number of Topliss-reactive ketones (excluding diaryl/α,β-unsaturated/α-hetero) is 1. The van der Waals surface area contributed by atoms with Gasteiger partial charge < -0.3 is 9.47 Å². The fraction of sp³-hybridized carbons (Fsp3) is 0.240. The summed E-state index contributed by atoms with van der Waals surface area (Å²) in [6.45, 7) is 1.29. The molecule has 172 valence electrons. The van der Waals surface area contributed by atoms with E-state index in [0.29, 0.717) is 22.7 Å². The number of fused-ring (bicyclic) bond motifs is 3. The maximum Gasteiger partial charge on any atom is 0.308 e. The lowest BCUT2D eigenvalue weighted by atomic mass is 9.86. The van der Waals surface area contributed by atoms with Crippen LogP contribution < -0.4 is 14.4 Å². The van der Waals surface area contributed by atoms with Crippen LogP contribution in [0.2, 0.25) is 0 Å². The zero-order valence-electron chi connectivity index (χ0n) is 18.5. The lowest BCUT2D eigenvalue weighted by molar-refractivity contribution is -0.132. The van der Waals surface area contributed by atoms with Gasteiger partial charge in [0.25, 0.3) is 0 Å². The van der Waals surface area contributed by atoms with Crippen LogP contribution in [0.15, 0.2) is 65.8 Å². The SMILES string of the molecule is COc1ccc(C(=O)[C@@H]2[C@@H]3C(=O)N(c4ccc(OC(C)=O)cc4)C(=O)[C@H]3[C@H]3C=CC=NN32)cc1. The van der Waals surface area contributed by atoms with Gasteiger partial charge in [-0.1, -0.05) is 6.08 Å². The highest BCUT2D eigenvalue weighted by atomic mass is 16.5. The summed E-state index contributed by atoms with van der Waals surface area (Å²) in [5.74, 6) is -2.34. The molecule has 0 radical (unpaired) electrons. The lowest BCUT2D eigenvalue weighted by Gasteiger charge is -2.30. The third-order valence-electron chi connectivity index (χ3n) is 6.29. The number of benzene rings is 2. The summed E-state index contributed by atoms with van der Waals surface area (Å²) >= 11 is 0. The molecule has 0 spiro atoms. The van der Waals surface area contributed by atoms with Gasteiger partial charge in [0.15, 0.2) is 5.78 Å². The van der Waals surface area contributed by atoms with Crippen LogP contribution in [0.5, 0.6) is 11.5 Å². The van der Waals surface area contributed by atoms with Crippen LogP contribution in [-0.2, 0) is 14.4 Å². The van der Waals surface area contributed by atoms with E-state index in [2.05, 4.69) is 5.10 Å². The highest BCUT2D eigenvalue weighted by Gasteiger charge is 2.64. The van der Waals surface area contributed by atoms with Crippen molar-refractivity contribution in [3.8, 4) is 11.5 Å². The van der Waals surface area contributed by atoms with E-state index in [9.17, 15) is 19.2 Å². The average Bonchev–Trinajstić information content (AvgIpc) is 3.31. The van der Waals surface area contributed by atoms with Crippen LogP contribution in [0.25, 0.3) is 0 Å². The number of nitrogens with zero attached hydrogens (tertiary/aromatic N) is 3. The Morgan fingerprint density at radius 3 is 2.21 bits per heavy atom. The largest absolute Gasteiger partial charge is 0.497 e. The van der Waals surface area contributed by atoms with Gasteiger partial charge in [0.05, 0.1) is 30.7 Å². The maximum absolute atomic E-state index is 13.6. The number of hydrazone groups is 1. The number of esters is 1. The number of imide groups is 1. The van der Waals surface area contributed by atoms with E-state index >= 15 is 0 Å². The summed E-state index contributed by atoms with van der Waals surface area (Å²) in [5.41, 5.74) is 0.755. The molecule has 2 fully saturated rings. The van der Waals surface area contributed by atoms with Crippen molar-refractivity contribution in [3.63, 3.8) is 0 Å². The Morgan fingerprint density at radius 2 is 1.56 bits per heavy atom. The zero-order valence-corrected chi connectivity index (χ0v) is 18.5. The number of hydrogen-bond donors (Lipinski definition) is 0. The first-order valence-corrected chi connectivity index (χ1v) is 10.7. The molecule has 4 atom stereocenters. The number of ether oxygens (including phenoxy) is 2. The van der Waals surface area contributed by atoms with Crippen LogP contribution in [-0.4, -0.2) is 54.0 Å². The number of ketones is 1. The number of anilines is 1. The number of amides is 2. The molecule has 0 N–H and O–H groups in total. The van der Waals surface area contributed by atoms with Crippen molar-refractivity contribution in [2.75, 3.05) is 12.0 Å². The first kappa shape index (κ1) is 21.6. The summed E-state index contributed by atoms with van der Waals surface area (Å²) in [5, 5.41) is 5.91. The van der Waals surface area contributed by atoms with E-state index in [1.54, 1.807) is 59.8 Å². The molecule has 2 aromatic rings. The quantitative estimate of drug-likeness (QED) is 0.292. The van der Waals surface area contributed by atoms with Crippen molar-refractivity contribution in [1.29, 1.82) is 0 Å². The molecule has 9 heteroatoms. The third-order valence-corrected chi connectivity index (χ3v) is 6.29. The molecule has 3 heterocycles.